The summed E-state index contributed by atoms with van der Waals surface area (Å²) in [6, 6.07) is 7.82. The minimum absolute atomic E-state index is 0.127. The summed E-state index contributed by atoms with van der Waals surface area (Å²) in [5, 5.41) is 0.127. The summed E-state index contributed by atoms with van der Waals surface area (Å²) in [5.41, 5.74) is 8.09. The van der Waals surface area contributed by atoms with E-state index in [2.05, 4.69) is 29.9 Å². The largest absolute Gasteiger partial charge is 0.437 e. The molecular formula is C14H16ClN3O. The number of aromatic nitrogens is 2. The average Bonchev–Trinajstić information content (AvgIpc) is 2.35. The molecule has 0 fully saturated rings. The fourth-order valence-corrected chi connectivity index (χ4v) is 1.85. The fraction of sp³-hybridized carbons (Fsp3) is 0.286. The van der Waals surface area contributed by atoms with Gasteiger partial charge in [-0.05, 0) is 42.1 Å². The molecule has 0 saturated carbocycles. The molecule has 0 atom stereocenters. The van der Waals surface area contributed by atoms with Gasteiger partial charge in [0.25, 0.3) is 0 Å². The summed E-state index contributed by atoms with van der Waals surface area (Å²) in [7, 11) is 0. The highest BCUT2D eigenvalue weighted by Crippen LogP contribution is 2.29. The van der Waals surface area contributed by atoms with Gasteiger partial charge in [-0.25, -0.2) is 4.98 Å². The second-order valence-corrected chi connectivity index (χ2v) is 4.96. The Balaban J connectivity index is 2.33. The lowest BCUT2D eigenvalue weighted by atomic mass is 10.0. The van der Waals surface area contributed by atoms with E-state index < -0.39 is 0 Å². The first-order chi connectivity index (χ1) is 8.97. The number of hydrogen-bond acceptors (Lipinski definition) is 4. The third-order valence-electron chi connectivity index (χ3n) is 2.81. The third kappa shape index (κ3) is 3.15. The van der Waals surface area contributed by atoms with Gasteiger partial charge in [-0.2, -0.15) is 4.98 Å². The minimum atomic E-state index is 0.127. The van der Waals surface area contributed by atoms with Gasteiger partial charge >= 0.3 is 0 Å². The maximum absolute atomic E-state index is 5.89. The molecule has 1 aromatic heterocycles. The van der Waals surface area contributed by atoms with Gasteiger partial charge in [0.05, 0.1) is 5.69 Å². The van der Waals surface area contributed by atoms with E-state index in [1.54, 1.807) is 6.92 Å². The molecule has 2 aromatic rings. The zero-order valence-electron chi connectivity index (χ0n) is 11.1. The smallest absolute Gasteiger partial charge is 0.247 e. The molecule has 0 aliphatic carbocycles. The molecule has 0 amide bonds. The van der Waals surface area contributed by atoms with Crippen molar-refractivity contribution in [3.8, 4) is 11.6 Å². The van der Waals surface area contributed by atoms with Crippen LogP contribution >= 0.6 is 11.6 Å². The molecule has 19 heavy (non-hydrogen) atoms. The van der Waals surface area contributed by atoms with Crippen molar-refractivity contribution in [2.75, 3.05) is 5.73 Å². The van der Waals surface area contributed by atoms with Crippen molar-refractivity contribution < 1.29 is 4.74 Å². The quantitative estimate of drug-likeness (QED) is 0.863. The fourth-order valence-electron chi connectivity index (χ4n) is 1.65. The van der Waals surface area contributed by atoms with E-state index in [9.17, 15) is 0 Å². The van der Waals surface area contributed by atoms with Crippen molar-refractivity contribution in [1.29, 1.82) is 0 Å². The summed E-state index contributed by atoms with van der Waals surface area (Å²) in [6.07, 6.45) is 0. The van der Waals surface area contributed by atoms with E-state index in [1.807, 2.05) is 18.2 Å². The van der Waals surface area contributed by atoms with Gasteiger partial charge in [0.1, 0.15) is 11.4 Å². The Bertz CT molecular complexity index is 599. The second-order valence-electron chi connectivity index (χ2n) is 4.63. The van der Waals surface area contributed by atoms with Crippen LogP contribution in [0.3, 0.4) is 0 Å². The van der Waals surface area contributed by atoms with Gasteiger partial charge in [0.2, 0.25) is 11.2 Å². The van der Waals surface area contributed by atoms with Gasteiger partial charge in [-0.1, -0.05) is 26.0 Å². The minimum Gasteiger partial charge on any atom is -0.437 e. The Kier molecular flexibility index (Phi) is 3.90. The highest BCUT2D eigenvalue weighted by Gasteiger charge is 2.10. The zero-order valence-corrected chi connectivity index (χ0v) is 11.9. The van der Waals surface area contributed by atoms with Crippen molar-refractivity contribution >= 4 is 17.3 Å². The standard InChI is InChI=1S/C14H16ClN3O/c1-8(2)10-5-4-6-11(7-10)19-13-12(16)9(3)17-14(15)18-13/h4-8H,16H2,1-3H3. The van der Waals surface area contributed by atoms with Crippen molar-refractivity contribution in [2.24, 2.45) is 0 Å². The number of nitrogens with two attached hydrogens (primary N) is 1. The van der Waals surface area contributed by atoms with Crippen LogP contribution in [-0.2, 0) is 0 Å². The molecule has 0 saturated heterocycles. The van der Waals surface area contributed by atoms with Crippen LogP contribution in [-0.4, -0.2) is 9.97 Å². The molecule has 2 rings (SSSR count). The maximum Gasteiger partial charge on any atom is 0.247 e. The first-order valence-corrected chi connectivity index (χ1v) is 6.42. The highest BCUT2D eigenvalue weighted by atomic mass is 35.5. The molecule has 0 radical (unpaired) electrons. The lowest BCUT2D eigenvalue weighted by Crippen LogP contribution is -2.01. The van der Waals surface area contributed by atoms with Crippen molar-refractivity contribution in [3.05, 3.63) is 40.8 Å². The van der Waals surface area contributed by atoms with Gasteiger partial charge in [-0.3, -0.25) is 0 Å². The Morgan fingerprint density at radius 2 is 2.00 bits per heavy atom. The third-order valence-corrected chi connectivity index (χ3v) is 2.98. The van der Waals surface area contributed by atoms with Crippen molar-refractivity contribution in [2.45, 2.75) is 26.7 Å². The van der Waals surface area contributed by atoms with Crippen LogP contribution in [0.2, 0.25) is 5.28 Å². The Labute approximate surface area is 117 Å². The number of anilines is 1. The van der Waals surface area contributed by atoms with E-state index >= 15 is 0 Å². The molecule has 100 valence electrons. The molecule has 5 heteroatoms. The lowest BCUT2D eigenvalue weighted by molar-refractivity contribution is 0.463. The van der Waals surface area contributed by atoms with Crippen LogP contribution in [0.25, 0.3) is 0 Å². The predicted molar refractivity (Wildman–Crippen MR) is 76.8 cm³/mol. The molecule has 0 spiro atoms. The van der Waals surface area contributed by atoms with E-state index in [4.69, 9.17) is 22.1 Å². The van der Waals surface area contributed by atoms with Crippen LogP contribution in [0, 0.1) is 6.92 Å². The normalized spacial score (nSPS) is 10.8. The highest BCUT2D eigenvalue weighted by molar-refractivity contribution is 6.28. The molecule has 0 aliphatic rings. The van der Waals surface area contributed by atoms with E-state index in [-0.39, 0.29) is 5.28 Å². The number of halogens is 1. The van der Waals surface area contributed by atoms with E-state index in [0.29, 0.717) is 28.9 Å². The van der Waals surface area contributed by atoms with E-state index in [1.165, 1.54) is 5.56 Å². The molecule has 0 bridgehead atoms. The van der Waals surface area contributed by atoms with Crippen LogP contribution in [0.15, 0.2) is 24.3 Å². The topological polar surface area (TPSA) is 61.0 Å². The average molecular weight is 278 g/mol. The van der Waals surface area contributed by atoms with Crippen molar-refractivity contribution in [1.82, 2.24) is 9.97 Å². The van der Waals surface area contributed by atoms with E-state index in [0.717, 1.165) is 0 Å². The first-order valence-electron chi connectivity index (χ1n) is 6.05. The summed E-state index contributed by atoms with van der Waals surface area (Å²) in [4.78, 5) is 7.98. The van der Waals surface area contributed by atoms with Crippen molar-refractivity contribution in [3.63, 3.8) is 0 Å². The first kappa shape index (κ1) is 13.6. The Hall–Kier alpha value is -1.81. The van der Waals surface area contributed by atoms with Crippen LogP contribution in [0.4, 0.5) is 5.69 Å². The van der Waals surface area contributed by atoms with Crippen LogP contribution in [0.5, 0.6) is 11.6 Å². The van der Waals surface area contributed by atoms with Gasteiger partial charge < -0.3 is 10.5 Å². The van der Waals surface area contributed by atoms with Gasteiger partial charge in [0, 0.05) is 0 Å². The summed E-state index contributed by atoms with van der Waals surface area (Å²) < 4.78 is 5.70. The molecule has 1 aromatic carbocycles. The lowest BCUT2D eigenvalue weighted by Gasteiger charge is -2.11. The number of nitrogen functional groups attached to an aromatic ring is 1. The molecule has 1 heterocycles. The molecular weight excluding hydrogens is 262 g/mol. The molecule has 0 aliphatic heterocycles. The second kappa shape index (κ2) is 5.45. The Morgan fingerprint density at radius 3 is 2.68 bits per heavy atom. The van der Waals surface area contributed by atoms with Crippen LogP contribution in [0.1, 0.15) is 31.0 Å². The maximum atomic E-state index is 5.89. The molecule has 0 unspecified atom stereocenters. The zero-order chi connectivity index (χ0) is 14.0. The number of aryl methyl sites for hydroxylation is 1. The number of rotatable bonds is 3. The molecule has 2 N–H and O–H groups in total. The predicted octanol–water partition coefficient (Wildman–Crippen LogP) is 3.94. The van der Waals surface area contributed by atoms with Gasteiger partial charge in [0.15, 0.2) is 0 Å². The SMILES string of the molecule is Cc1nc(Cl)nc(Oc2cccc(C(C)C)c2)c1N. The Morgan fingerprint density at radius 1 is 1.26 bits per heavy atom. The molecule has 4 nitrogen and oxygen atoms in total. The number of hydrogen-bond donors (Lipinski definition) is 1. The summed E-state index contributed by atoms with van der Waals surface area (Å²) in [5.74, 6) is 1.40. The number of benzene rings is 1. The summed E-state index contributed by atoms with van der Waals surface area (Å²) in [6.45, 7) is 6.01. The summed E-state index contributed by atoms with van der Waals surface area (Å²) >= 11 is 5.81. The van der Waals surface area contributed by atoms with Crippen LogP contribution < -0.4 is 10.5 Å². The van der Waals surface area contributed by atoms with Gasteiger partial charge in [-0.15, -0.1) is 0 Å². The number of nitrogens with zero attached hydrogens (tertiary/aromatic N) is 2. The monoisotopic (exact) mass is 277 g/mol. The number of ether oxygens (including phenoxy) is 1.